The highest BCUT2D eigenvalue weighted by Gasteiger charge is 2.00. The third-order valence-electron chi connectivity index (χ3n) is 2.82. The van der Waals surface area contributed by atoms with Crippen LogP contribution in [0.5, 0.6) is 0 Å². The molecular formula is C16H12N2. The fourth-order valence-corrected chi connectivity index (χ4v) is 1.89. The largest absolute Gasteiger partial charge is 0.237 e. The zero-order valence-electron chi connectivity index (χ0n) is 9.82. The van der Waals surface area contributed by atoms with Crippen molar-refractivity contribution in [2.24, 2.45) is 0 Å². The molecule has 0 bridgehead atoms. The predicted molar refractivity (Wildman–Crippen MR) is 72.9 cm³/mol. The fourth-order valence-electron chi connectivity index (χ4n) is 1.89. The van der Waals surface area contributed by atoms with E-state index in [1.165, 1.54) is 11.1 Å². The van der Waals surface area contributed by atoms with Crippen LogP contribution in [0.25, 0.3) is 22.5 Å². The van der Waals surface area contributed by atoms with Crippen LogP contribution in [0, 0.1) is 0 Å². The maximum absolute atomic E-state index is 4.24. The molecule has 0 aliphatic carbocycles. The van der Waals surface area contributed by atoms with Crippen LogP contribution in [0.15, 0.2) is 73.1 Å². The van der Waals surface area contributed by atoms with E-state index in [0.717, 1.165) is 11.4 Å². The molecule has 18 heavy (non-hydrogen) atoms. The molecule has 0 aliphatic rings. The summed E-state index contributed by atoms with van der Waals surface area (Å²) in [5.41, 5.74) is 3.46. The summed E-state index contributed by atoms with van der Waals surface area (Å²) in [6.45, 7) is 0. The fraction of sp³-hybridized carbons (Fsp3) is 0. The van der Waals surface area contributed by atoms with Crippen LogP contribution >= 0.6 is 0 Å². The molecule has 0 radical (unpaired) electrons. The quantitative estimate of drug-likeness (QED) is 0.671. The maximum atomic E-state index is 4.24. The molecule has 3 aromatic rings. The molecule has 1 aromatic heterocycles. The summed E-state index contributed by atoms with van der Waals surface area (Å²) < 4.78 is 0. The Morgan fingerprint density at radius 3 is 1.72 bits per heavy atom. The number of hydrogen-bond donors (Lipinski definition) is 0. The highest BCUT2D eigenvalue weighted by molar-refractivity contribution is 5.67. The second-order valence-corrected chi connectivity index (χ2v) is 4.02. The minimum Gasteiger partial charge on any atom is -0.237 e. The van der Waals surface area contributed by atoms with E-state index in [-0.39, 0.29) is 0 Å². The van der Waals surface area contributed by atoms with Crippen molar-refractivity contribution >= 4 is 0 Å². The first-order valence-corrected chi connectivity index (χ1v) is 5.86. The first-order valence-electron chi connectivity index (χ1n) is 5.86. The zero-order chi connectivity index (χ0) is 12.2. The van der Waals surface area contributed by atoms with Gasteiger partial charge in [0, 0.05) is 18.0 Å². The Balaban J connectivity index is 1.95. The highest BCUT2D eigenvalue weighted by Crippen LogP contribution is 2.22. The van der Waals surface area contributed by atoms with Crippen LogP contribution in [0.2, 0.25) is 0 Å². The lowest BCUT2D eigenvalue weighted by Gasteiger charge is -2.03. The van der Waals surface area contributed by atoms with Crippen molar-refractivity contribution < 1.29 is 0 Å². The monoisotopic (exact) mass is 232 g/mol. The maximum Gasteiger partial charge on any atom is 0.159 e. The first-order chi connectivity index (χ1) is 8.93. The second-order valence-electron chi connectivity index (χ2n) is 4.02. The summed E-state index contributed by atoms with van der Waals surface area (Å²) in [6, 6.07) is 20.4. The molecule has 0 atom stereocenters. The van der Waals surface area contributed by atoms with E-state index in [4.69, 9.17) is 0 Å². The summed E-state index contributed by atoms with van der Waals surface area (Å²) in [5, 5.41) is 0. The summed E-state index contributed by atoms with van der Waals surface area (Å²) in [6.07, 6.45) is 3.51. The molecule has 2 aromatic carbocycles. The average Bonchev–Trinajstić information content (AvgIpc) is 2.49. The number of hydrogen-bond acceptors (Lipinski definition) is 2. The summed E-state index contributed by atoms with van der Waals surface area (Å²) in [5.74, 6) is 0.761. The van der Waals surface area contributed by atoms with E-state index in [1.54, 1.807) is 12.4 Å². The van der Waals surface area contributed by atoms with Gasteiger partial charge in [0.15, 0.2) is 5.82 Å². The third kappa shape index (κ3) is 2.13. The minimum absolute atomic E-state index is 0.761. The topological polar surface area (TPSA) is 25.8 Å². The smallest absolute Gasteiger partial charge is 0.159 e. The zero-order valence-corrected chi connectivity index (χ0v) is 9.82. The van der Waals surface area contributed by atoms with Crippen molar-refractivity contribution in [1.29, 1.82) is 0 Å². The number of aromatic nitrogens is 2. The summed E-state index contributed by atoms with van der Waals surface area (Å²) in [7, 11) is 0. The van der Waals surface area contributed by atoms with Crippen LogP contribution < -0.4 is 0 Å². The normalized spacial score (nSPS) is 10.2. The van der Waals surface area contributed by atoms with Gasteiger partial charge in [-0.05, 0) is 17.2 Å². The van der Waals surface area contributed by atoms with E-state index in [9.17, 15) is 0 Å². The lowest BCUT2D eigenvalue weighted by molar-refractivity contribution is 1.18. The van der Waals surface area contributed by atoms with Crippen LogP contribution in [0.3, 0.4) is 0 Å². The molecule has 0 aliphatic heterocycles. The Hall–Kier alpha value is -2.48. The van der Waals surface area contributed by atoms with Gasteiger partial charge in [-0.1, -0.05) is 54.6 Å². The second kappa shape index (κ2) is 4.80. The van der Waals surface area contributed by atoms with Gasteiger partial charge in [0.05, 0.1) is 0 Å². The molecule has 2 nitrogen and oxygen atoms in total. The average molecular weight is 232 g/mol. The molecule has 2 heteroatoms. The standard InChI is InChI=1S/C16H12N2/c1-2-5-13(6-3-1)14-7-9-15(10-8-14)16-17-11-4-12-18-16/h1-12H. The predicted octanol–water partition coefficient (Wildman–Crippen LogP) is 3.81. The molecule has 3 rings (SSSR count). The van der Waals surface area contributed by atoms with Gasteiger partial charge in [0.25, 0.3) is 0 Å². The van der Waals surface area contributed by atoms with Gasteiger partial charge in [0.1, 0.15) is 0 Å². The Morgan fingerprint density at radius 2 is 1.06 bits per heavy atom. The van der Waals surface area contributed by atoms with Crippen molar-refractivity contribution in [2.45, 2.75) is 0 Å². The van der Waals surface area contributed by atoms with Crippen LogP contribution in [-0.4, -0.2) is 9.97 Å². The van der Waals surface area contributed by atoms with E-state index in [0.29, 0.717) is 0 Å². The lowest BCUT2D eigenvalue weighted by atomic mass is 10.0. The minimum atomic E-state index is 0.761. The molecular weight excluding hydrogens is 220 g/mol. The van der Waals surface area contributed by atoms with E-state index < -0.39 is 0 Å². The van der Waals surface area contributed by atoms with Gasteiger partial charge in [-0.3, -0.25) is 0 Å². The summed E-state index contributed by atoms with van der Waals surface area (Å²) >= 11 is 0. The van der Waals surface area contributed by atoms with E-state index >= 15 is 0 Å². The van der Waals surface area contributed by atoms with Gasteiger partial charge in [-0.2, -0.15) is 0 Å². The van der Waals surface area contributed by atoms with Crippen molar-refractivity contribution in [3.63, 3.8) is 0 Å². The van der Waals surface area contributed by atoms with Crippen LogP contribution in [0.1, 0.15) is 0 Å². The molecule has 0 unspecified atom stereocenters. The Labute approximate surface area is 106 Å². The van der Waals surface area contributed by atoms with Gasteiger partial charge in [-0.15, -0.1) is 0 Å². The number of rotatable bonds is 2. The number of benzene rings is 2. The lowest BCUT2D eigenvalue weighted by Crippen LogP contribution is -1.86. The van der Waals surface area contributed by atoms with Gasteiger partial charge >= 0.3 is 0 Å². The Bertz CT molecular complexity index is 558. The molecule has 0 fully saturated rings. The van der Waals surface area contributed by atoms with Crippen molar-refractivity contribution in [2.75, 3.05) is 0 Å². The number of nitrogens with zero attached hydrogens (tertiary/aromatic N) is 2. The van der Waals surface area contributed by atoms with Crippen molar-refractivity contribution in [3.8, 4) is 22.5 Å². The molecule has 0 amide bonds. The van der Waals surface area contributed by atoms with Crippen LogP contribution in [0.4, 0.5) is 0 Å². The first kappa shape index (κ1) is 10.7. The van der Waals surface area contributed by atoms with Gasteiger partial charge in [-0.25, -0.2) is 9.97 Å². The Morgan fingerprint density at radius 1 is 0.500 bits per heavy atom. The Kier molecular flexibility index (Phi) is 2.84. The molecule has 0 saturated heterocycles. The van der Waals surface area contributed by atoms with Crippen molar-refractivity contribution in [1.82, 2.24) is 9.97 Å². The molecule has 1 heterocycles. The van der Waals surface area contributed by atoms with Crippen molar-refractivity contribution in [3.05, 3.63) is 73.1 Å². The van der Waals surface area contributed by atoms with Gasteiger partial charge in [0.2, 0.25) is 0 Å². The van der Waals surface area contributed by atoms with E-state index in [2.05, 4.69) is 46.4 Å². The molecule has 86 valence electrons. The van der Waals surface area contributed by atoms with Gasteiger partial charge < -0.3 is 0 Å². The van der Waals surface area contributed by atoms with E-state index in [1.807, 2.05) is 24.3 Å². The highest BCUT2D eigenvalue weighted by atomic mass is 14.8. The SMILES string of the molecule is c1ccc(-c2ccc(-c3ncccn3)cc2)cc1. The summed E-state index contributed by atoms with van der Waals surface area (Å²) in [4.78, 5) is 8.48. The molecule has 0 spiro atoms. The third-order valence-corrected chi connectivity index (χ3v) is 2.82. The molecule has 0 N–H and O–H groups in total. The van der Waals surface area contributed by atoms with Crippen LogP contribution in [-0.2, 0) is 0 Å². The molecule has 0 saturated carbocycles.